The Kier molecular flexibility index (Phi) is 7.59. The van der Waals surface area contributed by atoms with Crippen molar-refractivity contribution in [3.05, 3.63) is 12.4 Å². The zero-order valence-electron chi connectivity index (χ0n) is 12.9. The smallest absolute Gasteiger partial charge is 0.334 e. The van der Waals surface area contributed by atoms with Crippen molar-refractivity contribution in [1.29, 1.82) is 0 Å². The molecule has 20 heavy (non-hydrogen) atoms. The third-order valence-corrected chi connectivity index (χ3v) is 4.55. The first-order valence-corrected chi connectivity index (χ1v) is 8.83. The molecule has 7 heteroatoms. The summed E-state index contributed by atoms with van der Waals surface area (Å²) in [4.78, 5) is 4.00. The lowest BCUT2D eigenvalue weighted by Gasteiger charge is -2.33. The highest BCUT2D eigenvalue weighted by atomic mass is 31.2. The quantitative estimate of drug-likeness (QED) is 0.577. The molecule has 1 aliphatic rings. The molecular weight excluding hydrogens is 279 g/mol. The molecule has 118 valence electrons. The lowest BCUT2D eigenvalue weighted by atomic mass is 10.3. The van der Waals surface area contributed by atoms with Crippen LogP contribution in [-0.4, -0.2) is 42.5 Å². The Labute approximate surface area is 122 Å². The molecule has 1 aliphatic heterocycles. The largest absolute Gasteiger partial charge is 0.478 e. The fraction of sp³-hybridized carbons (Fsp3) is 0.846. The first-order chi connectivity index (χ1) is 9.60. The van der Waals surface area contributed by atoms with Gasteiger partial charge in [0.2, 0.25) is 6.35 Å². The minimum atomic E-state index is -3.51. The Morgan fingerprint density at radius 2 is 1.65 bits per heavy atom. The molecule has 0 saturated heterocycles. The molecule has 1 unspecified atom stereocenters. The van der Waals surface area contributed by atoms with E-state index in [1.165, 1.54) is 0 Å². The number of rotatable bonds is 10. The van der Waals surface area contributed by atoms with Crippen LogP contribution in [0.5, 0.6) is 0 Å². The van der Waals surface area contributed by atoms with Crippen LogP contribution in [0.2, 0.25) is 0 Å². The van der Waals surface area contributed by atoms with E-state index < -0.39 is 14.2 Å². The molecule has 0 aromatic heterocycles. The minimum Gasteiger partial charge on any atom is -0.334 e. The molecule has 0 aromatic rings. The third kappa shape index (κ3) is 4.77. The summed E-state index contributed by atoms with van der Waals surface area (Å²) in [5, 5.41) is 0. The van der Waals surface area contributed by atoms with Gasteiger partial charge < -0.3 is 9.80 Å². The van der Waals surface area contributed by atoms with Gasteiger partial charge in [0.05, 0.1) is 13.2 Å². The van der Waals surface area contributed by atoms with Crippen LogP contribution in [0, 0.1) is 0 Å². The van der Waals surface area contributed by atoms with Gasteiger partial charge >= 0.3 is 7.82 Å². The number of hydrogen-bond donors (Lipinski definition) is 0. The van der Waals surface area contributed by atoms with Crippen LogP contribution in [-0.2, 0) is 18.1 Å². The topological polar surface area (TPSA) is 51.2 Å². The maximum Gasteiger partial charge on any atom is 0.478 e. The van der Waals surface area contributed by atoms with Crippen molar-refractivity contribution < 1.29 is 18.1 Å². The molecule has 1 rings (SSSR count). The van der Waals surface area contributed by atoms with Crippen LogP contribution in [0.15, 0.2) is 12.4 Å². The summed E-state index contributed by atoms with van der Waals surface area (Å²) in [6, 6.07) is 0. The predicted molar refractivity (Wildman–Crippen MR) is 78.9 cm³/mol. The summed E-state index contributed by atoms with van der Waals surface area (Å²) in [6.07, 6.45) is 5.64. The Morgan fingerprint density at radius 1 is 1.05 bits per heavy atom. The fourth-order valence-corrected chi connectivity index (χ4v) is 3.25. The maximum absolute atomic E-state index is 12.5. The fourth-order valence-electron chi connectivity index (χ4n) is 1.95. The molecule has 0 saturated carbocycles. The maximum atomic E-state index is 12.5. The molecule has 0 aliphatic carbocycles. The third-order valence-electron chi connectivity index (χ3n) is 2.95. The van der Waals surface area contributed by atoms with Crippen molar-refractivity contribution in [2.45, 2.75) is 46.9 Å². The van der Waals surface area contributed by atoms with Gasteiger partial charge in [-0.15, -0.1) is 0 Å². The number of nitrogens with zero attached hydrogens (tertiary/aromatic N) is 2. The van der Waals surface area contributed by atoms with Gasteiger partial charge in [-0.05, 0) is 27.2 Å². The van der Waals surface area contributed by atoms with Crippen molar-refractivity contribution in [3.8, 4) is 0 Å². The SMILES string of the molecule is CCCCN1C=CN(CC)C1OP(=O)(OCC)OCC. The zero-order valence-corrected chi connectivity index (χ0v) is 13.8. The average molecular weight is 306 g/mol. The van der Waals surface area contributed by atoms with Gasteiger partial charge in [0.25, 0.3) is 0 Å². The van der Waals surface area contributed by atoms with Gasteiger partial charge in [0.15, 0.2) is 0 Å². The molecule has 0 bridgehead atoms. The molecule has 0 spiro atoms. The van der Waals surface area contributed by atoms with Gasteiger partial charge in [0.1, 0.15) is 0 Å². The zero-order chi connectivity index (χ0) is 15.0. The second-order valence-electron chi connectivity index (χ2n) is 4.43. The second-order valence-corrected chi connectivity index (χ2v) is 6.06. The number of phosphoric acid groups is 1. The summed E-state index contributed by atoms with van der Waals surface area (Å²) in [5.41, 5.74) is 0. The summed E-state index contributed by atoms with van der Waals surface area (Å²) in [7, 11) is -3.51. The molecule has 0 radical (unpaired) electrons. The highest BCUT2D eigenvalue weighted by molar-refractivity contribution is 7.48. The first kappa shape index (κ1) is 17.5. The highest BCUT2D eigenvalue weighted by Crippen LogP contribution is 2.51. The van der Waals surface area contributed by atoms with Crippen molar-refractivity contribution in [3.63, 3.8) is 0 Å². The number of unbranched alkanes of at least 4 members (excludes halogenated alkanes) is 1. The Bertz CT molecular complexity index is 341. The van der Waals surface area contributed by atoms with Crippen LogP contribution >= 0.6 is 7.82 Å². The van der Waals surface area contributed by atoms with E-state index in [2.05, 4.69) is 6.92 Å². The van der Waals surface area contributed by atoms with E-state index in [0.29, 0.717) is 13.2 Å². The van der Waals surface area contributed by atoms with E-state index in [-0.39, 0.29) is 0 Å². The molecule has 6 nitrogen and oxygen atoms in total. The summed E-state index contributed by atoms with van der Waals surface area (Å²) < 4.78 is 28.6. The standard InChI is InChI=1S/C13H27N2O4P/c1-5-9-10-15-12-11-14(6-2)13(15)19-20(16,17-7-3)18-8-4/h11-13H,5-10H2,1-4H3. The molecule has 1 heterocycles. The molecule has 0 amide bonds. The minimum absolute atomic E-state index is 0.290. The second kappa shape index (κ2) is 8.67. The Balaban J connectivity index is 2.74. The van der Waals surface area contributed by atoms with Gasteiger partial charge in [-0.2, -0.15) is 0 Å². The molecule has 0 N–H and O–H groups in total. The summed E-state index contributed by atoms with van der Waals surface area (Å²) in [5.74, 6) is 0. The van der Waals surface area contributed by atoms with E-state index in [4.69, 9.17) is 13.6 Å². The van der Waals surface area contributed by atoms with E-state index in [0.717, 1.165) is 25.9 Å². The van der Waals surface area contributed by atoms with E-state index in [1.54, 1.807) is 13.8 Å². The molecular formula is C13H27N2O4P. The Hall–Kier alpha value is -0.550. The number of hydrogen-bond acceptors (Lipinski definition) is 6. The van der Waals surface area contributed by atoms with Crippen LogP contribution in [0.4, 0.5) is 0 Å². The van der Waals surface area contributed by atoms with Crippen LogP contribution in [0.1, 0.15) is 40.5 Å². The van der Waals surface area contributed by atoms with Gasteiger partial charge in [0, 0.05) is 25.5 Å². The lowest BCUT2D eigenvalue weighted by Crippen LogP contribution is -2.40. The Morgan fingerprint density at radius 3 is 2.15 bits per heavy atom. The summed E-state index contributed by atoms with van der Waals surface area (Å²) in [6.45, 7) is 9.91. The average Bonchev–Trinajstić information content (AvgIpc) is 2.78. The number of phosphoric ester groups is 1. The molecule has 1 atom stereocenters. The van der Waals surface area contributed by atoms with Crippen LogP contribution in [0.25, 0.3) is 0 Å². The normalized spacial score (nSPS) is 19.1. The molecule has 0 aromatic carbocycles. The highest BCUT2D eigenvalue weighted by Gasteiger charge is 2.36. The van der Waals surface area contributed by atoms with E-state index >= 15 is 0 Å². The lowest BCUT2D eigenvalue weighted by molar-refractivity contribution is -0.0522. The van der Waals surface area contributed by atoms with E-state index in [9.17, 15) is 4.57 Å². The van der Waals surface area contributed by atoms with Crippen LogP contribution in [0.3, 0.4) is 0 Å². The van der Waals surface area contributed by atoms with Gasteiger partial charge in [-0.1, -0.05) is 13.3 Å². The van der Waals surface area contributed by atoms with Gasteiger partial charge in [-0.25, -0.2) is 9.09 Å². The first-order valence-electron chi connectivity index (χ1n) is 7.37. The van der Waals surface area contributed by atoms with Crippen molar-refractivity contribution in [2.24, 2.45) is 0 Å². The predicted octanol–water partition coefficient (Wildman–Crippen LogP) is 3.38. The summed E-state index contributed by atoms with van der Waals surface area (Å²) >= 11 is 0. The van der Waals surface area contributed by atoms with Crippen molar-refractivity contribution in [2.75, 3.05) is 26.3 Å². The van der Waals surface area contributed by atoms with Gasteiger partial charge in [-0.3, -0.25) is 9.05 Å². The van der Waals surface area contributed by atoms with Crippen molar-refractivity contribution in [1.82, 2.24) is 9.80 Å². The van der Waals surface area contributed by atoms with Crippen molar-refractivity contribution >= 4 is 7.82 Å². The van der Waals surface area contributed by atoms with E-state index in [1.807, 2.05) is 29.1 Å². The monoisotopic (exact) mass is 306 g/mol. The molecule has 0 fully saturated rings. The van der Waals surface area contributed by atoms with Crippen LogP contribution < -0.4 is 0 Å².